The van der Waals surface area contributed by atoms with E-state index in [2.05, 4.69) is 0 Å². The largest absolute Gasteiger partial charge is 0.444 e. The lowest BCUT2D eigenvalue weighted by atomic mass is 10.0. The van der Waals surface area contributed by atoms with E-state index in [-0.39, 0.29) is 18.1 Å². The fourth-order valence-corrected chi connectivity index (χ4v) is 1.75. The summed E-state index contributed by atoms with van der Waals surface area (Å²) in [4.78, 5) is 13.5. The summed E-state index contributed by atoms with van der Waals surface area (Å²) in [6.07, 6.45) is 0.905. The number of nitrogens with zero attached hydrogens (tertiary/aromatic N) is 1. The molecule has 1 amide bonds. The molecular formula is C12H23NO3. The Balaban J connectivity index is 2.51. The maximum atomic E-state index is 11.8. The molecule has 0 saturated carbocycles. The Kier molecular flexibility index (Phi) is 4.19. The SMILES string of the molecule is C[C@@H]1CCN(C(=O)OC(C)(C)C)CC[C@H]1O. The van der Waals surface area contributed by atoms with Crippen LogP contribution >= 0.6 is 0 Å². The minimum absolute atomic E-state index is 0.257. The van der Waals surface area contributed by atoms with Crippen molar-refractivity contribution in [1.82, 2.24) is 4.90 Å². The van der Waals surface area contributed by atoms with Crippen molar-refractivity contribution in [2.45, 2.75) is 52.2 Å². The number of likely N-dealkylation sites (tertiary alicyclic amines) is 1. The van der Waals surface area contributed by atoms with Crippen LogP contribution in [0.15, 0.2) is 0 Å². The second-order valence-corrected chi connectivity index (χ2v) is 5.59. The number of ether oxygens (including phenoxy) is 1. The van der Waals surface area contributed by atoms with Gasteiger partial charge in [-0.3, -0.25) is 0 Å². The minimum Gasteiger partial charge on any atom is -0.444 e. The molecule has 1 N–H and O–H groups in total. The lowest BCUT2D eigenvalue weighted by Gasteiger charge is -2.26. The molecule has 0 unspecified atom stereocenters. The molecule has 0 aliphatic carbocycles. The third-order valence-corrected chi connectivity index (χ3v) is 2.86. The van der Waals surface area contributed by atoms with Gasteiger partial charge in [-0.1, -0.05) is 6.92 Å². The van der Waals surface area contributed by atoms with Crippen LogP contribution in [0.25, 0.3) is 0 Å². The van der Waals surface area contributed by atoms with Crippen LogP contribution in [0.2, 0.25) is 0 Å². The predicted octanol–water partition coefficient (Wildman–Crippen LogP) is 2.01. The molecule has 2 atom stereocenters. The Morgan fingerprint density at radius 1 is 1.31 bits per heavy atom. The summed E-state index contributed by atoms with van der Waals surface area (Å²) in [7, 11) is 0. The van der Waals surface area contributed by atoms with Gasteiger partial charge >= 0.3 is 6.09 Å². The second kappa shape index (κ2) is 5.04. The first kappa shape index (κ1) is 13.3. The van der Waals surface area contributed by atoms with Crippen LogP contribution in [0, 0.1) is 5.92 Å². The van der Waals surface area contributed by atoms with Crippen LogP contribution in [-0.2, 0) is 4.74 Å². The summed E-state index contributed by atoms with van der Waals surface area (Å²) in [6.45, 7) is 8.86. The molecule has 0 aromatic heterocycles. The van der Waals surface area contributed by atoms with E-state index in [0.717, 1.165) is 6.42 Å². The number of carbonyl (C=O) groups is 1. The number of amides is 1. The summed E-state index contributed by atoms with van der Waals surface area (Å²) in [5, 5.41) is 9.71. The highest BCUT2D eigenvalue weighted by molar-refractivity contribution is 5.68. The fraction of sp³-hybridized carbons (Fsp3) is 0.917. The molecule has 0 aromatic carbocycles. The molecule has 0 spiro atoms. The topological polar surface area (TPSA) is 49.8 Å². The average Bonchev–Trinajstić information content (AvgIpc) is 2.28. The van der Waals surface area contributed by atoms with Crippen LogP contribution in [0.4, 0.5) is 4.79 Å². The molecule has 0 bridgehead atoms. The third-order valence-electron chi connectivity index (χ3n) is 2.86. The van der Waals surface area contributed by atoms with Gasteiger partial charge in [0, 0.05) is 13.1 Å². The molecule has 16 heavy (non-hydrogen) atoms. The van der Waals surface area contributed by atoms with Crippen molar-refractivity contribution in [3.8, 4) is 0 Å². The van der Waals surface area contributed by atoms with Crippen molar-refractivity contribution in [1.29, 1.82) is 0 Å². The van der Waals surface area contributed by atoms with Crippen molar-refractivity contribution in [2.24, 2.45) is 5.92 Å². The van der Waals surface area contributed by atoms with Gasteiger partial charge in [-0.25, -0.2) is 4.79 Å². The van der Waals surface area contributed by atoms with Gasteiger partial charge in [-0.2, -0.15) is 0 Å². The molecule has 1 heterocycles. The molecule has 1 aliphatic heterocycles. The van der Waals surface area contributed by atoms with Crippen molar-refractivity contribution in [3.05, 3.63) is 0 Å². The van der Waals surface area contributed by atoms with Gasteiger partial charge in [0.25, 0.3) is 0 Å². The van der Waals surface area contributed by atoms with E-state index in [1.54, 1.807) is 4.90 Å². The highest BCUT2D eigenvalue weighted by Crippen LogP contribution is 2.19. The van der Waals surface area contributed by atoms with Crippen molar-refractivity contribution in [2.75, 3.05) is 13.1 Å². The molecular weight excluding hydrogens is 206 g/mol. The highest BCUT2D eigenvalue weighted by Gasteiger charge is 2.27. The number of hydrogen-bond donors (Lipinski definition) is 1. The molecule has 1 saturated heterocycles. The van der Waals surface area contributed by atoms with E-state index in [4.69, 9.17) is 4.74 Å². The molecule has 4 heteroatoms. The van der Waals surface area contributed by atoms with Gasteiger partial charge < -0.3 is 14.7 Å². The van der Waals surface area contributed by atoms with Gasteiger partial charge in [0.2, 0.25) is 0 Å². The molecule has 1 fully saturated rings. The number of hydrogen-bond acceptors (Lipinski definition) is 3. The Bertz CT molecular complexity index is 235. The predicted molar refractivity (Wildman–Crippen MR) is 62.2 cm³/mol. The molecule has 0 radical (unpaired) electrons. The summed E-state index contributed by atoms with van der Waals surface area (Å²) in [5.74, 6) is 0.257. The maximum absolute atomic E-state index is 11.8. The lowest BCUT2D eigenvalue weighted by molar-refractivity contribution is 0.0251. The molecule has 4 nitrogen and oxygen atoms in total. The molecule has 1 aliphatic rings. The fourth-order valence-electron chi connectivity index (χ4n) is 1.75. The second-order valence-electron chi connectivity index (χ2n) is 5.59. The molecule has 1 rings (SSSR count). The van der Waals surface area contributed by atoms with E-state index in [0.29, 0.717) is 19.5 Å². The zero-order chi connectivity index (χ0) is 12.3. The highest BCUT2D eigenvalue weighted by atomic mass is 16.6. The summed E-state index contributed by atoms with van der Waals surface area (Å²) in [5.41, 5.74) is -0.451. The third kappa shape index (κ3) is 4.00. The summed E-state index contributed by atoms with van der Waals surface area (Å²) >= 11 is 0. The van der Waals surface area contributed by atoms with Crippen LogP contribution < -0.4 is 0 Å². The molecule has 0 aromatic rings. The number of rotatable bonds is 0. The van der Waals surface area contributed by atoms with Crippen molar-refractivity contribution in [3.63, 3.8) is 0 Å². The standard InChI is InChI=1S/C12H23NO3/c1-9-5-7-13(8-6-10(9)14)11(15)16-12(2,3)4/h9-10,14H,5-8H2,1-4H3/t9-,10-/m1/s1. The minimum atomic E-state index is -0.451. The van der Waals surface area contributed by atoms with Crippen LogP contribution in [0.5, 0.6) is 0 Å². The summed E-state index contributed by atoms with van der Waals surface area (Å²) in [6, 6.07) is 0. The zero-order valence-electron chi connectivity index (χ0n) is 10.7. The summed E-state index contributed by atoms with van der Waals surface area (Å²) < 4.78 is 5.31. The van der Waals surface area contributed by atoms with Gasteiger partial charge in [0.1, 0.15) is 5.60 Å². The van der Waals surface area contributed by atoms with E-state index in [1.807, 2.05) is 27.7 Å². The normalized spacial score (nSPS) is 27.4. The van der Waals surface area contributed by atoms with Gasteiger partial charge in [-0.15, -0.1) is 0 Å². The average molecular weight is 229 g/mol. The van der Waals surface area contributed by atoms with Gasteiger partial charge in [0.05, 0.1) is 6.10 Å². The first-order chi connectivity index (χ1) is 7.29. The lowest BCUT2D eigenvalue weighted by Crippen LogP contribution is -2.37. The Morgan fingerprint density at radius 2 is 1.88 bits per heavy atom. The first-order valence-electron chi connectivity index (χ1n) is 5.95. The van der Waals surface area contributed by atoms with E-state index < -0.39 is 5.60 Å². The van der Waals surface area contributed by atoms with Crippen molar-refractivity contribution >= 4 is 6.09 Å². The first-order valence-corrected chi connectivity index (χ1v) is 5.95. The van der Waals surface area contributed by atoms with Crippen LogP contribution in [0.1, 0.15) is 40.5 Å². The number of aliphatic hydroxyl groups is 1. The van der Waals surface area contributed by atoms with Crippen LogP contribution in [-0.4, -0.2) is 40.9 Å². The number of aliphatic hydroxyl groups excluding tert-OH is 1. The smallest absolute Gasteiger partial charge is 0.410 e. The Labute approximate surface area is 97.6 Å². The molecule has 94 valence electrons. The number of carbonyl (C=O) groups excluding carboxylic acids is 1. The maximum Gasteiger partial charge on any atom is 0.410 e. The van der Waals surface area contributed by atoms with E-state index >= 15 is 0 Å². The van der Waals surface area contributed by atoms with Gasteiger partial charge in [-0.05, 0) is 39.5 Å². The van der Waals surface area contributed by atoms with E-state index in [9.17, 15) is 9.90 Å². The Hall–Kier alpha value is -0.770. The zero-order valence-corrected chi connectivity index (χ0v) is 10.7. The van der Waals surface area contributed by atoms with Gasteiger partial charge in [0.15, 0.2) is 0 Å². The van der Waals surface area contributed by atoms with Crippen LogP contribution in [0.3, 0.4) is 0 Å². The van der Waals surface area contributed by atoms with E-state index in [1.165, 1.54) is 0 Å². The monoisotopic (exact) mass is 229 g/mol. The van der Waals surface area contributed by atoms with Crippen molar-refractivity contribution < 1.29 is 14.6 Å². The Morgan fingerprint density at radius 3 is 2.44 bits per heavy atom. The quantitative estimate of drug-likeness (QED) is 0.691.